The SMILES string of the molecule is CC1CCCC(C)N1C(=O)c1cc(Cl)cc(Cl)c1. The third-order valence-electron chi connectivity index (χ3n) is 3.54. The molecule has 2 nitrogen and oxygen atoms in total. The van der Waals surface area contributed by atoms with Crippen LogP contribution < -0.4 is 0 Å². The Kier molecular flexibility index (Phi) is 4.18. The van der Waals surface area contributed by atoms with Crippen LogP contribution in [-0.4, -0.2) is 22.9 Å². The van der Waals surface area contributed by atoms with E-state index in [4.69, 9.17) is 23.2 Å². The van der Waals surface area contributed by atoms with Crippen LogP contribution in [0.2, 0.25) is 10.0 Å². The van der Waals surface area contributed by atoms with Crippen LogP contribution in [0.15, 0.2) is 18.2 Å². The first kappa shape index (κ1) is 13.7. The van der Waals surface area contributed by atoms with Gasteiger partial charge in [0.25, 0.3) is 5.91 Å². The average Bonchev–Trinajstić information content (AvgIpc) is 2.27. The molecule has 1 heterocycles. The minimum atomic E-state index is 0.0269. The van der Waals surface area contributed by atoms with E-state index in [2.05, 4.69) is 13.8 Å². The number of likely N-dealkylation sites (tertiary alicyclic amines) is 1. The predicted octanol–water partition coefficient (Wildman–Crippen LogP) is 4.40. The average molecular weight is 286 g/mol. The Morgan fingerprint density at radius 2 is 1.61 bits per heavy atom. The van der Waals surface area contributed by atoms with Gasteiger partial charge < -0.3 is 4.90 Å². The number of piperidine rings is 1. The zero-order valence-corrected chi connectivity index (χ0v) is 12.1. The van der Waals surface area contributed by atoms with Gasteiger partial charge in [-0.1, -0.05) is 23.2 Å². The molecule has 0 aromatic heterocycles. The summed E-state index contributed by atoms with van der Waals surface area (Å²) < 4.78 is 0. The highest BCUT2D eigenvalue weighted by molar-refractivity contribution is 6.35. The lowest BCUT2D eigenvalue weighted by Gasteiger charge is -2.39. The third-order valence-corrected chi connectivity index (χ3v) is 3.97. The van der Waals surface area contributed by atoms with E-state index in [-0.39, 0.29) is 18.0 Å². The molecule has 18 heavy (non-hydrogen) atoms. The smallest absolute Gasteiger partial charge is 0.254 e. The second-order valence-electron chi connectivity index (χ2n) is 5.00. The molecule has 1 aromatic carbocycles. The van der Waals surface area contributed by atoms with Crippen molar-refractivity contribution in [2.45, 2.75) is 45.2 Å². The Balaban J connectivity index is 2.29. The van der Waals surface area contributed by atoms with E-state index in [1.54, 1.807) is 18.2 Å². The Hall–Kier alpha value is -0.730. The molecule has 1 aliphatic heterocycles. The largest absolute Gasteiger partial charge is 0.333 e. The quantitative estimate of drug-likeness (QED) is 0.749. The summed E-state index contributed by atoms with van der Waals surface area (Å²) in [6, 6.07) is 5.56. The van der Waals surface area contributed by atoms with Crippen LogP contribution >= 0.6 is 23.2 Å². The Labute approximate surface area is 118 Å². The van der Waals surface area contributed by atoms with Gasteiger partial charge in [0.1, 0.15) is 0 Å². The number of carbonyl (C=O) groups is 1. The Bertz CT molecular complexity index is 431. The lowest BCUT2D eigenvalue weighted by atomic mass is 9.96. The molecule has 1 aromatic rings. The van der Waals surface area contributed by atoms with Crippen molar-refractivity contribution in [1.29, 1.82) is 0 Å². The molecular formula is C14H17Cl2NO. The molecule has 1 saturated heterocycles. The van der Waals surface area contributed by atoms with Crippen LogP contribution in [-0.2, 0) is 0 Å². The van der Waals surface area contributed by atoms with E-state index < -0.39 is 0 Å². The monoisotopic (exact) mass is 285 g/mol. The topological polar surface area (TPSA) is 20.3 Å². The summed E-state index contributed by atoms with van der Waals surface area (Å²) in [5.41, 5.74) is 0.577. The molecule has 0 radical (unpaired) electrons. The molecule has 0 saturated carbocycles. The summed E-state index contributed by atoms with van der Waals surface area (Å²) in [5.74, 6) is 0.0269. The molecule has 1 aliphatic rings. The maximum absolute atomic E-state index is 12.5. The van der Waals surface area contributed by atoms with Gasteiger partial charge in [0, 0.05) is 27.7 Å². The number of hydrogen-bond acceptors (Lipinski definition) is 1. The lowest BCUT2D eigenvalue weighted by molar-refractivity contribution is 0.0511. The lowest BCUT2D eigenvalue weighted by Crippen LogP contribution is -2.47. The summed E-state index contributed by atoms with van der Waals surface area (Å²) in [7, 11) is 0. The van der Waals surface area contributed by atoms with Gasteiger partial charge in [0.2, 0.25) is 0 Å². The van der Waals surface area contributed by atoms with Gasteiger partial charge in [-0.3, -0.25) is 4.79 Å². The van der Waals surface area contributed by atoms with Crippen molar-refractivity contribution < 1.29 is 4.79 Å². The second kappa shape index (κ2) is 5.50. The molecule has 1 fully saturated rings. The molecule has 98 valence electrons. The number of benzene rings is 1. The van der Waals surface area contributed by atoms with Crippen LogP contribution in [0.5, 0.6) is 0 Å². The normalized spacial score (nSPS) is 24.1. The molecular weight excluding hydrogens is 269 g/mol. The fourth-order valence-corrected chi connectivity index (χ4v) is 3.17. The molecule has 2 atom stereocenters. The van der Waals surface area contributed by atoms with Crippen LogP contribution in [0.3, 0.4) is 0 Å². The van der Waals surface area contributed by atoms with E-state index in [1.165, 1.54) is 6.42 Å². The molecule has 1 amide bonds. The number of carbonyl (C=O) groups excluding carboxylic acids is 1. The molecule has 4 heteroatoms. The van der Waals surface area contributed by atoms with E-state index in [0.29, 0.717) is 15.6 Å². The van der Waals surface area contributed by atoms with Crippen molar-refractivity contribution in [3.8, 4) is 0 Å². The molecule has 0 N–H and O–H groups in total. The van der Waals surface area contributed by atoms with Crippen LogP contribution in [0.1, 0.15) is 43.5 Å². The first-order valence-electron chi connectivity index (χ1n) is 6.28. The molecule has 0 spiro atoms. The minimum Gasteiger partial charge on any atom is -0.333 e. The van der Waals surface area contributed by atoms with Gasteiger partial charge in [-0.2, -0.15) is 0 Å². The first-order valence-corrected chi connectivity index (χ1v) is 7.03. The van der Waals surface area contributed by atoms with Gasteiger partial charge in [-0.15, -0.1) is 0 Å². The zero-order chi connectivity index (χ0) is 13.3. The Morgan fingerprint density at radius 3 is 2.11 bits per heavy atom. The first-order chi connectivity index (χ1) is 8.49. The molecule has 2 unspecified atom stereocenters. The standard InChI is InChI=1S/C14H17Cl2NO/c1-9-4-3-5-10(2)17(9)14(18)11-6-12(15)8-13(16)7-11/h6-10H,3-5H2,1-2H3. The van der Waals surface area contributed by atoms with E-state index in [0.717, 1.165) is 12.8 Å². The van der Waals surface area contributed by atoms with Crippen molar-refractivity contribution in [1.82, 2.24) is 4.90 Å². The number of rotatable bonds is 1. The zero-order valence-electron chi connectivity index (χ0n) is 10.6. The van der Waals surface area contributed by atoms with Gasteiger partial charge in [0.05, 0.1) is 0 Å². The number of nitrogens with zero attached hydrogens (tertiary/aromatic N) is 1. The van der Waals surface area contributed by atoms with Crippen molar-refractivity contribution in [2.24, 2.45) is 0 Å². The van der Waals surface area contributed by atoms with Gasteiger partial charge >= 0.3 is 0 Å². The van der Waals surface area contributed by atoms with Crippen LogP contribution in [0, 0.1) is 0 Å². The highest BCUT2D eigenvalue weighted by Gasteiger charge is 2.29. The second-order valence-corrected chi connectivity index (χ2v) is 5.87. The fraction of sp³-hybridized carbons (Fsp3) is 0.500. The van der Waals surface area contributed by atoms with Crippen molar-refractivity contribution >= 4 is 29.1 Å². The molecule has 0 aliphatic carbocycles. The van der Waals surface area contributed by atoms with Crippen molar-refractivity contribution in [3.63, 3.8) is 0 Å². The summed E-state index contributed by atoms with van der Waals surface area (Å²) in [6.07, 6.45) is 3.30. The van der Waals surface area contributed by atoms with E-state index in [9.17, 15) is 4.79 Å². The van der Waals surface area contributed by atoms with Gasteiger partial charge in [-0.05, 0) is 51.3 Å². The number of halogens is 2. The van der Waals surface area contributed by atoms with E-state index in [1.807, 2.05) is 4.90 Å². The summed E-state index contributed by atoms with van der Waals surface area (Å²) >= 11 is 11.9. The third kappa shape index (κ3) is 2.81. The molecule has 0 bridgehead atoms. The van der Waals surface area contributed by atoms with Gasteiger partial charge in [-0.25, -0.2) is 0 Å². The van der Waals surface area contributed by atoms with Crippen molar-refractivity contribution in [2.75, 3.05) is 0 Å². The van der Waals surface area contributed by atoms with Crippen molar-refractivity contribution in [3.05, 3.63) is 33.8 Å². The number of amides is 1. The predicted molar refractivity (Wildman–Crippen MR) is 75.4 cm³/mol. The maximum atomic E-state index is 12.5. The number of hydrogen-bond donors (Lipinski definition) is 0. The summed E-state index contributed by atoms with van der Waals surface area (Å²) in [6.45, 7) is 4.19. The summed E-state index contributed by atoms with van der Waals surface area (Å²) in [5, 5.41) is 1.01. The highest BCUT2D eigenvalue weighted by Crippen LogP contribution is 2.26. The van der Waals surface area contributed by atoms with Crippen LogP contribution in [0.4, 0.5) is 0 Å². The minimum absolute atomic E-state index is 0.0269. The fourth-order valence-electron chi connectivity index (χ4n) is 2.65. The van der Waals surface area contributed by atoms with E-state index >= 15 is 0 Å². The molecule has 2 rings (SSSR count). The Morgan fingerprint density at radius 1 is 1.11 bits per heavy atom. The highest BCUT2D eigenvalue weighted by atomic mass is 35.5. The summed E-state index contributed by atoms with van der Waals surface area (Å²) in [4.78, 5) is 14.5. The van der Waals surface area contributed by atoms with Gasteiger partial charge in [0.15, 0.2) is 0 Å². The maximum Gasteiger partial charge on any atom is 0.254 e. The van der Waals surface area contributed by atoms with Crippen LogP contribution in [0.25, 0.3) is 0 Å².